The second-order valence-electron chi connectivity index (χ2n) is 5.72. The molecule has 2 heteroatoms. The number of aromatic nitrogens is 2. The van der Waals surface area contributed by atoms with Crippen molar-refractivity contribution >= 4 is 11.0 Å². The highest BCUT2D eigenvalue weighted by Gasteiger charge is 2.22. The van der Waals surface area contributed by atoms with Crippen LogP contribution in [0, 0.1) is 0 Å². The smallest absolute Gasteiger partial charge is 0.141 e. The Balaban J connectivity index is 1.89. The van der Waals surface area contributed by atoms with Crippen LogP contribution < -0.4 is 0 Å². The van der Waals surface area contributed by atoms with E-state index < -0.39 is 0 Å². The van der Waals surface area contributed by atoms with Crippen molar-refractivity contribution in [2.75, 3.05) is 0 Å². The van der Waals surface area contributed by atoms with Crippen LogP contribution in [-0.2, 0) is 6.54 Å². The highest BCUT2D eigenvalue weighted by Crippen LogP contribution is 2.38. The van der Waals surface area contributed by atoms with Gasteiger partial charge in [0.2, 0.25) is 0 Å². The lowest BCUT2D eigenvalue weighted by atomic mass is 9.95. The molecule has 3 aromatic carbocycles. The number of fused-ring (bicyclic) bond motifs is 2. The van der Waals surface area contributed by atoms with Gasteiger partial charge in [-0.1, -0.05) is 66.7 Å². The molecule has 0 N–H and O–H groups in total. The van der Waals surface area contributed by atoms with Crippen molar-refractivity contribution in [3.8, 4) is 22.5 Å². The molecule has 0 amide bonds. The minimum Gasteiger partial charge on any atom is -0.319 e. The predicted octanol–water partition coefficient (Wildman–Crippen LogP) is 4.73. The molecule has 0 spiro atoms. The average molecular weight is 282 g/mol. The van der Waals surface area contributed by atoms with Gasteiger partial charge in [-0.25, -0.2) is 4.98 Å². The second kappa shape index (κ2) is 4.31. The number of imidazole rings is 1. The molecule has 0 fully saturated rings. The van der Waals surface area contributed by atoms with E-state index >= 15 is 0 Å². The molecule has 1 aliphatic heterocycles. The first-order valence-corrected chi connectivity index (χ1v) is 7.55. The highest BCUT2D eigenvalue weighted by atomic mass is 15.1. The third-order valence-corrected chi connectivity index (χ3v) is 4.43. The fourth-order valence-corrected chi connectivity index (χ4v) is 3.46. The van der Waals surface area contributed by atoms with Crippen LogP contribution in [0.3, 0.4) is 0 Å². The lowest BCUT2D eigenvalue weighted by Crippen LogP contribution is -2.08. The van der Waals surface area contributed by atoms with Gasteiger partial charge in [-0.05, 0) is 17.2 Å². The molecule has 5 rings (SSSR count). The first-order valence-electron chi connectivity index (χ1n) is 7.55. The molecule has 1 aliphatic rings. The number of rotatable bonds is 1. The van der Waals surface area contributed by atoms with E-state index in [9.17, 15) is 0 Å². The summed E-state index contributed by atoms with van der Waals surface area (Å²) in [5.74, 6) is 1.05. The molecule has 0 saturated carbocycles. The molecule has 0 atom stereocenters. The van der Waals surface area contributed by atoms with Gasteiger partial charge in [-0.3, -0.25) is 0 Å². The highest BCUT2D eigenvalue weighted by molar-refractivity contribution is 5.96. The maximum absolute atomic E-state index is 4.90. The molecular weight excluding hydrogens is 268 g/mol. The molecular formula is C20H14N2. The fraction of sp³-hybridized carbons (Fsp3) is 0.0500. The lowest BCUT2D eigenvalue weighted by Gasteiger charge is -2.20. The first-order chi connectivity index (χ1) is 10.9. The van der Waals surface area contributed by atoms with Crippen LogP contribution in [0.2, 0.25) is 0 Å². The number of benzene rings is 3. The summed E-state index contributed by atoms with van der Waals surface area (Å²) in [4.78, 5) is 4.90. The van der Waals surface area contributed by atoms with Gasteiger partial charge < -0.3 is 4.57 Å². The topological polar surface area (TPSA) is 17.8 Å². The first kappa shape index (κ1) is 11.8. The standard InChI is InChI=1S/C20H14N2/c1-2-7-14(8-3-1)20-21-18-12-6-11-17-16-10-5-4-9-15(16)13-22(20)19(17)18/h1-12H,13H2. The zero-order valence-electron chi connectivity index (χ0n) is 12.0. The summed E-state index contributed by atoms with van der Waals surface area (Å²) >= 11 is 0. The Morgan fingerprint density at radius 2 is 1.50 bits per heavy atom. The molecule has 0 unspecified atom stereocenters. The Kier molecular flexibility index (Phi) is 2.30. The molecule has 0 radical (unpaired) electrons. The van der Waals surface area contributed by atoms with Crippen molar-refractivity contribution in [1.29, 1.82) is 0 Å². The monoisotopic (exact) mass is 282 g/mol. The molecule has 22 heavy (non-hydrogen) atoms. The maximum Gasteiger partial charge on any atom is 0.141 e. The minimum absolute atomic E-state index is 0.883. The molecule has 0 aliphatic carbocycles. The van der Waals surface area contributed by atoms with Crippen molar-refractivity contribution in [2.24, 2.45) is 0 Å². The number of nitrogens with zero attached hydrogens (tertiary/aromatic N) is 2. The van der Waals surface area contributed by atoms with Crippen molar-refractivity contribution in [2.45, 2.75) is 6.54 Å². The van der Waals surface area contributed by atoms with Gasteiger partial charge in [0.25, 0.3) is 0 Å². The maximum atomic E-state index is 4.90. The van der Waals surface area contributed by atoms with Gasteiger partial charge in [-0.2, -0.15) is 0 Å². The van der Waals surface area contributed by atoms with Crippen LogP contribution in [-0.4, -0.2) is 9.55 Å². The van der Waals surface area contributed by atoms with Gasteiger partial charge in [0.1, 0.15) is 5.82 Å². The van der Waals surface area contributed by atoms with Crippen molar-refractivity contribution < 1.29 is 0 Å². The Morgan fingerprint density at radius 3 is 2.41 bits per heavy atom. The fourth-order valence-electron chi connectivity index (χ4n) is 3.46. The van der Waals surface area contributed by atoms with E-state index in [1.54, 1.807) is 0 Å². The molecule has 1 aromatic heterocycles. The zero-order valence-corrected chi connectivity index (χ0v) is 12.0. The van der Waals surface area contributed by atoms with Crippen molar-refractivity contribution in [3.63, 3.8) is 0 Å². The molecule has 104 valence electrons. The summed E-state index contributed by atoms with van der Waals surface area (Å²) in [6.45, 7) is 0.883. The molecule has 0 saturated heterocycles. The summed E-state index contributed by atoms with van der Waals surface area (Å²) in [7, 11) is 0. The quantitative estimate of drug-likeness (QED) is 0.434. The van der Waals surface area contributed by atoms with E-state index in [0.29, 0.717) is 0 Å². The van der Waals surface area contributed by atoms with Crippen LogP contribution in [0.1, 0.15) is 5.56 Å². The van der Waals surface area contributed by atoms with Crippen LogP contribution in [0.4, 0.5) is 0 Å². The third-order valence-electron chi connectivity index (χ3n) is 4.43. The summed E-state index contributed by atoms with van der Waals surface area (Å²) in [5.41, 5.74) is 7.47. The van der Waals surface area contributed by atoms with Gasteiger partial charge in [0.15, 0.2) is 0 Å². The second-order valence-corrected chi connectivity index (χ2v) is 5.72. The van der Waals surface area contributed by atoms with E-state index in [4.69, 9.17) is 4.98 Å². The Hall–Kier alpha value is -2.87. The number of para-hydroxylation sites is 1. The summed E-state index contributed by atoms with van der Waals surface area (Å²) < 4.78 is 2.35. The summed E-state index contributed by atoms with van der Waals surface area (Å²) in [6.07, 6.45) is 0. The van der Waals surface area contributed by atoms with Gasteiger partial charge in [0.05, 0.1) is 17.6 Å². The van der Waals surface area contributed by atoms with Crippen molar-refractivity contribution in [3.05, 3.63) is 78.4 Å². The summed E-state index contributed by atoms with van der Waals surface area (Å²) in [6, 6.07) is 25.5. The number of hydrogen-bond donors (Lipinski definition) is 0. The summed E-state index contributed by atoms with van der Waals surface area (Å²) in [5, 5.41) is 0. The SMILES string of the molecule is c1ccc(-c2nc3cccc4c3n2Cc2ccccc2-4)cc1. The van der Waals surface area contributed by atoms with Crippen LogP contribution >= 0.6 is 0 Å². The van der Waals surface area contributed by atoms with Crippen LogP contribution in [0.25, 0.3) is 33.5 Å². The van der Waals surface area contributed by atoms with Gasteiger partial charge >= 0.3 is 0 Å². The largest absolute Gasteiger partial charge is 0.319 e. The van der Waals surface area contributed by atoms with Crippen LogP contribution in [0.5, 0.6) is 0 Å². The van der Waals surface area contributed by atoms with E-state index in [0.717, 1.165) is 17.9 Å². The molecule has 2 heterocycles. The predicted molar refractivity (Wildman–Crippen MR) is 89.7 cm³/mol. The minimum atomic E-state index is 0.883. The lowest BCUT2D eigenvalue weighted by molar-refractivity contribution is 0.827. The molecule has 2 nitrogen and oxygen atoms in total. The van der Waals surface area contributed by atoms with E-state index in [1.165, 1.54) is 27.8 Å². The van der Waals surface area contributed by atoms with Crippen molar-refractivity contribution in [1.82, 2.24) is 9.55 Å². The normalized spacial score (nSPS) is 12.4. The zero-order chi connectivity index (χ0) is 14.5. The Bertz CT molecular complexity index is 997. The average Bonchev–Trinajstić information content (AvgIpc) is 2.96. The van der Waals surface area contributed by atoms with Gasteiger partial charge in [0, 0.05) is 11.1 Å². The van der Waals surface area contributed by atoms with Gasteiger partial charge in [-0.15, -0.1) is 0 Å². The Morgan fingerprint density at radius 1 is 0.727 bits per heavy atom. The van der Waals surface area contributed by atoms with E-state index in [-0.39, 0.29) is 0 Å². The third kappa shape index (κ3) is 1.52. The Labute approximate surface area is 128 Å². The molecule has 4 aromatic rings. The number of hydrogen-bond acceptors (Lipinski definition) is 1. The molecule has 0 bridgehead atoms. The van der Waals surface area contributed by atoms with E-state index in [1.807, 2.05) is 6.07 Å². The van der Waals surface area contributed by atoms with E-state index in [2.05, 4.69) is 71.3 Å². The van der Waals surface area contributed by atoms with Crippen LogP contribution in [0.15, 0.2) is 72.8 Å².